The van der Waals surface area contributed by atoms with Crippen LogP contribution in [0.2, 0.25) is 0 Å². The maximum atomic E-state index is 2.82. The van der Waals surface area contributed by atoms with Gasteiger partial charge in [0.25, 0.3) is 0 Å². The Morgan fingerprint density at radius 1 is 0.368 bits per heavy atom. The molecule has 0 aromatic heterocycles. The van der Waals surface area contributed by atoms with Crippen molar-refractivity contribution in [3.8, 4) is 44.5 Å². The van der Waals surface area contributed by atoms with Gasteiger partial charge in [0.1, 0.15) is 0 Å². The Morgan fingerprint density at radius 2 is 0.897 bits per heavy atom. The first-order chi connectivity index (χ1) is 32.7. The molecule has 8 aromatic carbocycles. The smallest absolute Gasteiger partial charge is 0.248 e. The number of benzene rings is 8. The van der Waals surface area contributed by atoms with E-state index < -0.39 is 0 Å². The Balaban J connectivity index is 1.06. The normalized spacial score (nSPS) is 22.3. The van der Waals surface area contributed by atoms with Gasteiger partial charge in [0.05, 0.1) is 5.54 Å². The highest BCUT2D eigenvalue weighted by molar-refractivity contribution is 7.01. The zero-order valence-corrected chi connectivity index (χ0v) is 40.7. The van der Waals surface area contributed by atoms with Gasteiger partial charge >= 0.3 is 0 Å². The number of hydrogen-bond donors (Lipinski definition) is 0. The van der Waals surface area contributed by atoms with E-state index in [4.69, 9.17) is 0 Å². The number of fused-ring (bicyclic) bond motifs is 17. The van der Waals surface area contributed by atoms with Gasteiger partial charge in [-0.1, -0.05) is 182 Å². The van der Waals surface area contributed by atoms with E-state index in [0.29, 0.717) is 0 Å². The lowest BCUT2D eigenvalue weighted by Crippen LogP contribution is -2.56. The first kappa shape index (κ1) is 39.4. The summed E-state index contributed by atoms with van der Waals surface area (Å²) in [6.45, 7) is 19.9. The zero-order valence-electron chi connectivity index (χ0n) is 40.7. The van der Waals surface area contributed by atoms with Crippen molar-refractivity contribution >= 4 is 51.5 Å². The fraction of sp³-hybridized carbons (Fsp3) is 0.262. The van der Waals surface area contributed by atoms with Crippen molar-refractivity contribution in [2.24, 2.45) is 0 Å². The molecule has 0 radical (unpaired) electrons. The second-order valence-corrected chi connectivity index (χ2v) is 23.5. The Morgan fingerprint density at radius 3 is 1.56 bits per heavy atom. The molecular weight excluding hydrogens is 820 g/mol. The maximum absolute atomic E-state index is 2.82. The van der Waals surface area contributed by atoms with Gasteiger partial charge in [0.15, 0.2) is 0 Å². The van der Waals surface area contributed by atoms with Crippen LogP contribution in [0.5, 0.6) is 0 Å². The van der Waals surface area contributed by atoms with Crippen LogP contribution >= 0.6 is 0 Å². The van der Waals surface area contributed by atoms with E-state index in [0.717, 1.165) is 0 Å². The van der Waals surface area contributed by atoms with E-state index in [-0.39, 0.29) is 33.9 Å². The second kappa shape index (κ2) is 12.5. The molecule has 0 spiro atoms. The Hall–Kier alpha value is -6.58. The lowest BCUT2D eigenvalue weighted by Gasteiger charge is -2.50. The standard InChI is InChI=1S/C65H57BN2/c1-61(2)48-22-12-9-19-40(48)43-28-27-38(32-52(43)61)67-58-37-54-45(42-21-11-14-24-50(42)63(54,5)6)36-56(58)66-55-35-44-41-20-10-13-23-49(41)62(3,4)53(44)34-46(55)47-31-39(33-59(67)60(47)66)68-57-26-16-15-25-51(57)64(7)29-17-18-30-65(64,68)8/h9-16,19-28,31-37H,17-18,29-30H2,1-8H3. The predicted molar refractivity (Wildman–Crippen MR) is 287 cm³/mol. The molecule has 3 aliphatic heterocycles. The molecule has 0 saturated heterocycles. The summed E-state index contributed by atoms with van der Waals surface area (Å²) in [6.07, 6.45) is 4.89. The van der Waals surface area contributed by atoms with Crippen LogP contribution in [0.3, 0.4) is 0 Å². The van der Waals surface area contributed by atoms with Crippen molar-refractivity contribution in [2.45, 2.75) is 108 Å². The molecule has 4 aliphatic carbocycles. The fourth-order valence-corrected chi connectivity index (χ4v) is 15.7. The Kier molecular flexibility index (Phi) is 7.27. The van der Waals surface area contributed by atoms with Crippen molar-refractivity contribution in [1.29, 1.82) is 0 Å². The van der Waals surface area contributed by atoms with Crippen LogP contribution in [0, 0.1) is 0 Å². The average molecular weight is 877 g/mol. The van der Waals surface area contributed by atoms with Crippen molar-refractivity contribution in [2.75, 3.05) is 9.80 Å². The van der Waals surface area contributed by atoms with Crippen LogP contribution in [-0.2, 0) is 21.7 Å². The molecule has 3 heteroatoms. The fourth-order valence-electron chi connectivity index (χ4n) is 15.7. The maximum Gasteiger partial charge on any atom is 0.248 e. The van der Waals surface area contributed by atoms with Crippen LogP contribution in [0.25, 0.3) is 44.5 Å². The Bertz CT molecular complexity index is 3630. The number of hydrogen-bond acceptors (Lipinski definition) is 2. The van der Waals surface area contributed by atoms with E-state index in [9.17, 15) is 0 Å². The van der Waals surface area contributed by atoms with Crippen molar-refractivity contribution in [3.63, 3.8) is 0 Å². The van der Waals surface area contributed by atoms with Crippen molar-refractivity contribution in [1.82, 2.24) is 0 Å². The molecule has 1 fully saturated rings. The summed E-state index contributed by atoms with van der Waals surface area (Å²) in [4.78, 5) is 5.53. The summed E-state index contributed by atoms with van der Waals surface area (Å²) in [5.74, 6) is 0. The quantitative estimate of drug-likeness (QED) is 0.160. The van der Waals surface area contributed by atoms with Gasteiger partial charge in [-0.2, -0.15) is 0 Å². The molecule has 2 atom stereocenters. The first-order valence-electron chi connectivity index (χ1n) is 25.4. The van der Waals surface area contributed by atoms with Gasteiger partial charge in [-0.3, -0.25) is 0 Å². The highest BCUT2D eigenvalue weighted by atomic mass is 15.3. The van der Waals surface area contributed by atoms with E-state index in [1.165, 1.54) is 154 Å². The van der Waals surface area contributed by atoms with Gasteiger partial charge in [0, 0.05) is 50.1 Å². The predicted octanol–water partition coefficient (Wildman–Crippen LogP) is 14.6. The van der Waals surface area contributed by atoms with Gasteiger partial charge in [-0.15, -0.1) is 0 Å². The van der Waals surface area contributed by atoms with Crippen LogP contribution in [-0.4, -0.2) is 12.3 Å². The third-order valence-electron chi connectivity index (χ3n) is 19.4. The first-order valence-corrected chi connectivity index (χ1v) is 25.4. The van der Waals surface area contributed by atoms with E-state index in [2.05, 4.69) is 217 Å². The van der Waals surface area contributed by atoms with Crippen molar-refractivity contribution < 1.29 is 0 Å². The zero-order chi connectivity index (χ0) is 46.0. The topological polar surface area (TPSA) is 6.48 Å². The molecule has 7 aliphatic rings. The summed E-state index contributed by atoms with van der Waals surface area (Å²) in [6, 6.07) is 60.1. The highest BCUT2D eigenvalue weighted by Gasteiger charge is 2.58. The lowest BCUT2D eigenvalue weighted by atomic mass is 9.36. The molecule has 2 unspecified atom stereocenters. The molecule has 0 N–H and O–H groups in total. The van der Waals surface area contributed by atoms with Crippen molar-refractivity contribution in [3.05, 3.63) is 191 Å². The largest absolute Gasteiger partial charge is 0.334 e. The molecular formula is C65H57BN2. The molecule has 0 amide bonds. The highest BCUT2D eigenvalue weighted by Crippen LogP contribution is 2.62. The molecule has 0 bridgehead atoms. The number of rotatable bonds is 2. The lowest BCUT2D eigenvalue weighted by molar-refractivity contribution is 0.195. The summed E-state index contributed by atoms with van der Waals surface area (Å²) >= 11 is 0. The molecule has 1 saturated carbocycles. The number of anilines is 5. The van der Waals surface area contributed by atoms with Gasteiger partial charge in [-0.25, -0.2) is 0 Å². The molecule has 8 aromatic rings. The van der Waals surface area contributed by atoms with Gasteiger partial charge in [0.2, 0.25) is 6.71 Å². The van der Waals surface area contributed by atoms with E-state index in [1.807, 2.05) is 0 Å². The molecule has 15 rings (SSSR count). The second-order valence-electron chi connectivity index (χ2n) is 23.5. The minimum Gasteiger partial charge on any atom is -0.334 e. The third-order valence-corrected chi connectivity index (χ3v) is 19.4. The average Bonchev–Trinajstić information content (AvgIpc) is 4.01. The minimum absolute atomic E-state index is 0.0448. The van der Waals surface area contributed by atoms with Crippen LogP contribution in [0.4, 0.5) is 28.4 Å². The van der Waals surface area contributed by atoms with Gasteiger partial charge < -0.3 is 9.80 Å². The number of para-hydroxylation sites is 1. The molecule has 68 heavy (non-hydrogen) atoms. The van der Waals surface area contributed by atoms with E-state index in [1.54, 1.807) is 0 Å². The van der Waals surface area contributed by atoms with Crippen LogP contribution < -0.4 is 26.2 Å². The number of nitrogens with zero attached hydrogens (tertiary/aromatic N) is 2. The molecule has 2 nitrogen and oxygen atoms in total. The monoisotopic (exact) mass is 876 g/mol. The summed E-state index contributed by atoms with van der Waals surface area (Å²) in [5.41, 5.74) is 31.5. The van der Waals surface area contributed by atoms with E-state index >= 15 is 0 Å². The Labute approximate surface area is 402 Å². The minimum atomic E-state index is -0.148. The van der Waals surface area contributed by atoms with Gasteiger partial charge in [-0.05, 0) is 151 Å². The van der Waals surface area contributed by atoms with Crippen LogP contribution in [0.15, 0.2) is 152 Å². The SMILES string of the molecule is CC1(C)c2ccccc2-c2ccc(N3c4cc5c(cc4B4c6cc7c(cc6-c6cc(N8c9ccccc9C9(C)CCCCC89C)cc3c64)C(C)(C)c3ccccc3-7)-c3ccccc3C5(C)C)cc21. The van der Waals surface area contributed by atoms with Crippen LogP contribution in [0.1, 0.15) is 120 Å². The molecule has 330 valence electrons. The summed E-state index contributed by atoms with van der Waals surface area (Å²) in [7, 11) is 0. The summed E-state index contributed by atoms with van der Waals surface area (Å²) in [5, 5.41) is 0. The molecule has 3 heterocycles. The summed E-state index contributed by atoms with van der Waals surface area (Å²) < 4.78 is 0. The third kappa shape index (κ3) is 4.50.